The van der Waals surface area contributed by atoms with Crippen LogP contribution in [-0.4, -0.2) is 61.2 Å². The largest absolute Gasteiger partial charge is 0.401 e. The molecule has 0 bridgehead atoms. The molecule has 0 aromatic rings. The second-order valence-corrected chi connectivity index (χ2v) is 4.35. The van der Waals surface area contributed by atoms with Crippen LogP contribution in [0.1, 0.15) is 6.92 Å². The summed E-state index contributed by atoms with van der Waals surface area (Å²) in [6.45, 7) is 2.32. The summed E-state index contributed by atoms with van der Waals surface area (Å²) in [5.41, 5.74) is 5.38. The normalized spacial score (nSPS) is 18.3. The van der Waals surface area contributed by atoms with E-state index in [4.69, 9.17) is 5.73 Å². The first kappa shape index (κ1) is 21.1. The second kappa shape index (κ2) is 8.84. The first-order valence-corrected chi connectivity index (χ1v) is 5.61. The van der Waals surface area contributed by atoms with Gasteiger partial charge in [-0.2, -0.15) is 13.2 Å². The molecule has 9 heteroatoms. The Hall–Kier alpha value is -0.240. The number of carbonyl (C=O) groups is 1. The maximum absolute atomic E-state index is 12.1. The van der Waals surface area contributed by atoms with Gasteiger partial charge < -0.3 is 10.6 Å². The van der Waals surface area contributed by atoms with Crippen molar-refractivity contribution in [2.45, 2.75) is 13.1 Å². The van der Waals surface area contributed by atoms with Crippen LogP contribution < -0.4 is 5.73 Å². The van der Waals surface area contributed by atoms with E-state index >= 15 is 0 Å². The molecular weight excluding hydrogens is 306 g/mol. The molecule has 0 saturated carbocycles. The minimum atomic E-state index is -4.17. The SMILES string of the molecule is CC(CN)C(=O)N1CCN(CC(F)(F)F)CC1.Cl.Cl. The van der Waals surface area contributed by atoms with E-state index in [-0.39, 0.29) is 56.3 Å². The predicted molar refractivity (Wildman–Crippen MR) is 71.8 cm³/mol. The Morgan fingerprint density at radius 1 is 1.21 bits per heavy atom. The zero-order chi connectivity index (χ0) is 13.1. The third-order valence-electron chi connectivity index (χ3n) is 2.86. The lowest BCUT2D eigenvalue weighted by molar-refractivity contribution is -0.152. The van der Waals surface area contributed by atoms with Crippen LogP contribution in [0.2, 0.25) is 0 Å². The first-order valence-electron chi connectivity index (χ1n) is 5.61. The van der Waals surface area contributed by atoms with Gasteiger partial charge in [0, 0.05) is 38.6 Å². The van der Waals surface area contributed by atoms with E-state index in [2.05, 4.69) is 0 Å². The molecular formula is C10H20Cl2F3N3O. The molecule has 0 aromatic carbocycles. The number of amides is 1. The number of carbonyl (C=O) groups excluding carboxylic acids is 1. The summed E-state index contributed by atoms with van der Waals surface area (Å²) in [6, 6.07) is 0. The number of nitrogens with zero attached hydrogens (tertiary/aromatic N) is 2. The first-order chi connectivity index (χ1) is 7.83. The Morgan fingerprint density at radius 2 is 1.68 bits per heavy atom. The lowest BCUT2D eigenvalue weighted by Gasteiger charge is -2.36. The van der Waals surface area contributed by atoms with E-state index in [0.29, 0.717) is 13.1 Å². The van der Waals surface area contributed by atoms with E-state index in [9.17, 15) is 18.0 Å². The molecule has 1 amide bonds. The fourth-order valence-corrected chi connectivity index (χ4v) is 1.79. The average Bonchev–Trinajstić information content (AvgIpc) is 2.26. The van der Waals surface area contributed by atoms with E-state index < -0.39 is 12.7 Å². The number of piperazine rings is 1. The van der Waals surface area contributed by atoms with Gasteiger partial charge in [0.1, 0.15) is 0 Å². The topological polar surface area (TPSA) is 49.6 Å². The molecule has 1 fully saturated rings. The van der Waals surface area contributed by atoms with Crippen LogP contribution in [-0.2, 0) is 4.79 Å². The number of alkyl halides is 3. The van der Waals surface area contributed by atoms with Gasteiger partial charge in [0.15, 0.2) is 0 Å². The Morgan fingerprint density at radius 3 is 2.05 bits per heavy atom. The molecule has 1 saturated heterocycles. The van der Waals surface area contributed by atoms with Crippen molar-refractivity contribution in [3.8, 4) is 0 Å². The molecule has 1 aliphatic heterocycles. The zero-order valence-corrected chi connectivity index (χ0v) is 12.3. The number of halogens is 5. The van der Waals surface area contributed by atoms with Crippen LogP contribution in [0, 0.1) is 5.92 Å². The monoisotopic (exact) mass is 325 g/mol. The highest BCUT2D eigenvalue weighted by Gasteiger charge is 2.33. The van der Waals surface area contributed by atoms with Crippen molar-refractivity contribution in [3.63, 3.8) is 0 Å². The van der Waals surface area contributed by atoms with Crippen LogP contribution in [0.25, 0.3) is 0 Å². The van der Waals surface area contributed by atoms with E-state index in [0.717, 1.165) is 0 Å². The van der Waals surface area contributed by atoms with Gasteiger partial charge in [0.2, 0.25) is 5.91 Å². The fraction of sp³-hybridized carbons (Fsp3) is 0.900. The van der Waals surface area contributed by atoms with Crippen LogP contribution in [0.15, 0.2) is 0 Å². The number of hydrogen-bond acceptors (Lipinski definition) is 3. The van der Waals surface area contributed by atoms with E-state index in [1.807, 2.05) is 0 Å². The fourth-order valence-electron chi connectivity index (χ4n) is 1.79. The average molecular weight is 326 g/mol. The standard InChI is InChI=1S/C10H18F3N3O.2ClH/c1-8(6-14)9(17)16-4-2-15(3-5-16)7-10(11,12)13;;/h8H,2-7,14H2,1H3;2*1H. The second-order valence-electron chi connectivity index (χ2n) is 4.35. The third-order valence-corrected chi connectivity index (χ3v) is 2.86. The van der Waals surface area contributed by atoms with Gasteiger partial charge in [-0.1, -0.05) is 6.92 Å². The number of rotatable bonds is 3. The summed E-state index contributed by atoms with van der Waals surface area (Å²) in [4.78, 5) is 14.6. The highest BCUT2D eigenvalue weighted by molar-refractivity contribution is 5.85. The lowest BCUT2D eigenvalue weighted by atomic mass is 10.1. The van der Waals surface area contributed by atoms with Crippen molar-refractivity contribution in [2.75, 3.05) is 39.3 Å². The highest BCUT2D eigenvalue weighted by atomic mass is 35.5. The van der Waals surface area contributed by atoms with Crippen LogP contribution in [0.5, 0.6) is 0 Å². The molecule has 19 heavy (non-hydrogen) atoms. The highest BCUT2D eigenvalue weighted by Crippen LogP contribution is 2.17. The lowest BCUT2D eigenvalue weighted by Crippen LogP contribution is -2.52. The number of nitrogens with two attached hydrogens (primary N) is 1. The molecule has 1 heterocycles. The van der Waals surface area contributed by atoms with Crippen LogP contribution >= 0.6 is 24.8 Å². The van der Waals surface area contributed by atoms with Gasteiger partial charge in [0.05, 0.1) is 6.54 Å². The Bertz CT molecular complexity index is 271. The van der Waals surface area contributed by atoms with Crippen molar-refractivity contribution in [1.29, 1.82) is 0 Å². The summed E-state index contributed by atoms with van der Waals surface area (Å²) >= 11 is 0. The summed E-state index contributed by atoms with van der Waals surface area (Å²) in [6.07, 6.45) is -4.17. The van der Waals surface area contributed by atoms with Gasteiger partial charge >= 0.3 is 6.18 Å². The summed E-state index contributed by atoms with van der Waals surface area (Å²) in [5.74, 6) is -0.330. The van der Waals surface area contributed by atoms with Gasteiger partial charge in [-0.25, -0.2) is 0 Å². The predicted octanol–water partition coefficient (Wildman–Crippen LogP) is 1.13. The van der Waals surface area contributed by atoms with Crippen LogP contribution in [0.4, 0.5) is 13.2 Å². The molecule has 0 aromatic heterocycles. The summed E-state index contributed by atoms with van der Waals surface area (Å²) in [7, 11) is 0. The quantitative estimate of drug-likeness (QED) is 0.846. The van der Waals surface area contributed by atoms with Crippen molar-refractivity contribution in [3.05, 3.63) is 0 Å². The maximum atomic E-state index is 12.1. The van der Waals surface area contributed by atoms with Gasteiger partial charge in [-0.3, -0.25) is 9.69 Å². The summed E-state index contributed by atoms with van der Waals surface area (Å²) in [5, 5.41) is 0. The Labute approximate surface area is 123 Å². The molecule has 0 radical (unpaired) electrons. The van der Waals surface area contributed by atoms with Gasteiger partial charge in [0.25, 0.3) is 0 Å². The molecule has 1 rings (SSSR count). The Balaban J connectivity index is 0. The molecule has 1 unspecified atom stereocenters. The Kier molecular flexibility index (Phi) is 9.80. The summed E-state index contributed by atoms with van der Waals surface area (Å²) < 4.78 is 36.4. The van der Waals surface area contributed by atoms with Crippen molar-refractivity contribution in [2.24, 2.45) is 11.7 Å². The van der Waals surface area contributed by atoms with E-state index in [1.54, 1.807) is 11.8 Å². The van der Waals surface area contributed by atoms with Crippen molar-refractivity contribution in [1.82, 2.24) is 9.80 Å². The van der Waals surface area contributed by atoms with Gasteiger partial charge in [-0.05, 0) is 0 Å². The minimum absolute atomic E-state index is 0. The van der Waals surface area contributed by atoms with Crippen molar-refractivity contribution < 1.29 is 18.0 Å². The minimum Gasteiger partial charge on any atom is -0.340 e. The smallest absolute Gasteiger partial charge is 0.340 e. The molecule has 0 spiro atoms. The zero-order valence-electron chi connectivity index (χ0n) is 10.7. The molecule has 4 nitrogen and oxygen atoms in total. The molecule has 1 aliphatic rings. The molecule has 116 valence electrons. The van der Waals surface area contributed by atoms with Crippen LogP contribution in [0.3, 0.4) is 0 Å². The molecule has 1 atom stereocenters. The van der Waals surface area contributed by atoms with Gasteiger partial charge in [-0.15, -0.1) is 24.8 Å². The molecule has 0 aliphatic carbocycles. The number of hydrogen-bond donors (Lipinski definition) is 1. The maximum Gasteiger partial charge on any atom is 0.401 e. The molecule has 2 N–H and O–H groups in total. The van der Waals surface area contributed by atoms with Crippen molar-refractivity contribution >= 4 is 30.7 Å². The third kappa shape index (κ3) is 7.20. The van der Waals surface area contributed by atoms with E-state index in [1.165, 1.54) is 4.90 Å².